The highest BCUT2D eigenvalue weighted by Gasteiger charge is 2.36. The standard InChI is InChI=1S/C8H7F3N4/c1-15-6-4(12)2-13-3-5(6)14-7(15)8(9,10)11/h2-3H,12H2,1H3. The number of nitrogen functional groups attached to an aromatic ring is 1. The molecule has 0 aliphatic heterocycles. The van der Waals surface area contributed by atoms with Crippen molar-refractivity contribution in [1.29, 1.82) is 0 Å². The highest BCUT2D eigenvalue weighted by molar-refractivity contribution is 5.86. The maximum atomic E-state index is 12.5. The van der Waals surface area contributed by atoms with Gasteiger partial charge in [0.15, 0.2) is 0 Å². The monoisotopic (exact) mass is 216 g/mol. The Morgan fingerprint density at radius 3 is 2.53 bits per heavy atom. The van der Waals surface area contributed by atoms with Crippen molar-refractivity contribution in [3.05, 3.63) is 18.2 Å². The van der Waals surface area contributed by atoms with E-state index in [2.05, 4.69) is 9.97 Å². The summed E-state index contributed by atoms with van der Waals surface area (Å²) in [7, 11) is 1.27. The van der Waals surface area contributed by atoms with Gasteiger partial charge in [0.25, 0.3) is 0 Å². The number of aryl methyl sites for hydroxylation is 1. The Bertz CT molecular complexity index is 514. The molecule has 0 atom stereocenters. The second-order valence-electron chi connectivity index (χ2n) is 3.09. The summed E-state index contributed by atoms with van der Waals surface area (Å²) < 4.78 is 38.3. The number of rotatable bonds is 0. The minimum atomic E-state index is -4.49. The Labute approximate surface area is 82.5 Å². The van der Waals surface area contributed by atoms with Gasteiger partial charge < -0.3 is 10.3 Å². The van der Waals surface area contributed by atoms with E-state index < -0.39 is 12.0 Å². The van der Waals surface area contributed by atoms with Crippen molar-refractivity contribution < 1.29 is 13.2 Å². The maximum absolute atomic E-state index is 12.5. The van der Waals surface area contributed by atoms with Crippen LogP contribution in [-0.2, 0) is 13.2 Å². The van der Waals surface area contributed by atoms with E-state index in [4.69, 9.17) is 5.73 Å². The van der Waals surface area contributed by atoms with Crippen LogP contribution < -0.4 is 5.73 Å². The number of aromatic nitrogens is 3. The summed E-state index contributed by atoms with van der Waals surface area (Å²) in [4.78, 5) is 7.12. The Balaban J connectivity index is 2.82. The van der Waals surface area contributed by atoms with Crippen LogP contribution in [0.1, 0.15) is 5.82 Å². The van der Waals surface area contributed by atoms with Crippen molar-refractivity contribution in [3.63, 3.8) is 0 Å². The summed E-state index contributed by atoms with van der Waals surface area (Å²) >= 11 is 0. The van der Waals surface area contributed by atoms with Gasteiger partial charge in [0, 0.05) is 7.05 Å². The molecule has 0 aliphatic carbocycles. The average Bonchev–Trinajstić information content (AvgIpc) is 2.44. The molecular weight excluding hydrogens is 209 g/mol. The third-order valence-electron chi connectivity index (χ3n) is 2.06. The van der Waals surface area contributed by atoms with Crippen LogP contribution in [0.15, 0.2) is 12.4 Å². The number of halogens is 3. The van der Waals surface area contributed by atoms with Crippen molar-refractivity contribution in [1.82, 2.24) is 14.5 Å². The number of fused-ring (bicyclic) bond motifs is 1. The third kappa shape index (κ3) is 1.39. The second kappa shape index (κ2) is 2.85. The number of alkyl halides is 3. The molecule has 0 saturated heterocycles. The minimum Gasteiger partial charge on any atom is -0.396 e. The van der Waals surface area contributed by atoms with Crippen LogP contribution in [0.3, 0.4) is 0 Å². The fourth-order valence-electron chi connectivity index (χ4n) is 1.45. The Morgan fingerprint density at radius 2 is 2.00 bits per heavy atom. The zero-order valence-electron chi connectivity index (χ0n) is 7.71. The molecule has 2 aromatic rings. The average molecular weight is 216 g/mol. The molecule has 0 aliphatic rings. The number of hydrogen-bond acceptors (Lipinski definition) is 3. The smallest absolute Gasteiger partial charge is 0.396 e. The Morgan fingerprint density at radius 1 is 1.33 bits per heavy atom. The number of hydrogen-bond donors (Lipinski definition) is 1. The zero-order valence-corrected chi connectivity index (χ0v) is 7.71. The van der Waals surface area contributed by atoms with Gasteiger partial charge in [-0.25, -0.2) is 4.98 Å². The van der Waals surface area contributed by atoms with Gasteiger partial charge in [-0.05, 0) is 0 Å². The number of pyridine rings is 1. The van der Waals surface area contributed by atoms with E-state index >= 15 is 0 Å². The van der Waals surface area contributed by atoms with Crippen LogP contribution in [-0.4, -0.2) is 14.5 Å². The van der Waals surface area contributed by atoms with Gasteiger partial charge in [-0.15, -0.1) is 0 Å². The van der Waals surface area contributed by atoms with Gasteiger partial charge in [-0.3, -0.25) is 4.98 Å². The largest absolute Gasteiger partial charge is 0.449 e. The van der Waals surface area contributed by atoms with Crippen LogP contribution >= 0.6 is 0 Å². The summed E-state index contributed by atoms with van der Waals surface area (Å²) in [5.41, 5.74) is 6.09. The predicted molar refractivity (Wildman–Crippen MR) is 47.9 cm³/mol. The molecule has 2 heterocycles. The first kappa shape index (κ1) is 9.75. The Hall–Kier alpha value is -1.79. The van der Waals surface area contributed by atoms with Crippen LogP contribution in [0, 0.1) is 0 Å². The lowest BCUT2D eigenvalue weighted by Crippen LogP contribution is -2.12. The fraction of sp³-hybridized carbons (Fsp3) is 0.250. The van der Waals surface area contributed by atoms with E-state index in [1.807, 2.05) is 0 Å². The van der Waals surface area contributed by atoms with E-state index in [1.54, 1.807) is 0 Å². The first-order valence-corrected chi connectivity index (χ1v) is 4.04. The van der Waals surface area contributed by atoms with Crippen LogP contribution in [0.4, 0.5) is 18.9 Å². The lowest BCUT2D eigenvalue weighted by molar-refractivity contribution is -0.146. The lowest BCUT2D eigenvalue weighted by atomic mass is 10.3. The normalized spacial score (nSPS) is 12.3. The molecule has 4 nitrogen and oxygen atoms in total. The zero-order chi connectivity index (χ0) is 11.2. The summed E-state index contributed by atoms with van der Waals surface area (Å²) in [6.07, 6.45) is -1.94. The van der Waals surface area contributed by atoms with Crippen molar-refractivity contribution in [2.24, 2.45) is 7.05 Å². The van der Waals surface area contributed by atoms with E-state index in [0.717, 1.165) is 4.57 Å². The number of imidazole rings is 1. The van der Waals surface area contributed by atoms with Crippen molar-refractivity contribution >= 4 is 16.7 Å². The first-order valence-electron chi connectivity index (χ1n) is 4.04. The minimum absolute atomic E-state index is 0.143. The molecule has 0 amide bonds. The molecule has 0 fully saturated rings. The topological polar surface area (TPSA) is 56.7 Å². The highest BCUT2D eigenvalue weighted by atomic mass is 19.4. The van der Waals surface area contributed by atoms with Crippen molar-refractivity contribution in [2.75, 3.05) is 5.73 Å². The molecule has 0 radical (unpaired) electrons. The molecule has 0 spiro atoms. The molecule has 2 aromatic heterocycles. The molecule has 0 bridgehead atoms. The summed E-state index contributed by atoms with van der Waals surface area (Å²) in [6, 6.07) is 0. The van der Waals surface area contributed by atoms with Crippen LogP contribution in [0.2, 0.25) is 0 Å². The third-order valence-corrected chi connectivity index (χ3v) is 2.06. The summed E-state index contributed by atoms with van der Waals surface area (Å²) in [6.45, 7) is 0. The predicted octanol–water partition coefficient (Wildman–Crippen LogP) is 1.57. The summed E-state index contributed by atoms with van der Waals surface area (Å²) in [5, 5.41) is 0. The van der Waals surface area contributed by atoms with Crippen LogP contribution in [0.25, 0.3) is 11.0 Å². The molecular formula is C8H7F3N4. The second-order valence-corrected chi connectivity index (χ2v) is 3.09. The van der Waals surface area contributed by atoms with Gasteiger partial charge in [0.05, 0.1) is 23.6 Å². The molecule has 7 heteroatoms. The van der Waals surface area contributed by atoms with Gasteiger partial charge in [-0.2, -0.15) is 13.2 Å². The van der Waals surface area contributed by atoms with Gasteiger partial charge in [-0.1, -0.05) is 0 Å². The molecule has 0 aromatic carbocycles. The fourth-order valence-corrected chi connectivity index (χ4v) is 1.45. The molecule has 80 valence electrons. The van der Waals surface area contributed by atoms with Crippen LogP contribution in [0.5, 0.6) is 0 Å². The molecule has 15 heavy (non-hydrogen) atoms. The van der Waals surface area contributed by atoms with Crippen molar-refractivity contribution in [3.8, 4) is 0 Å². The van der Waals surface area contributed by atoms with Gasteiger partial charge in [0.2, 0.25) is 5.82 Å². The number of nitrogens with zero attached hydrogens (tertiary/aromatic N) is 3. The molecule has 0 saturated carbocycles. The molecule has 2 rings (SSSR count). The Kier molecular flexibility index (Phi) is 1.85. The SMILES string of the molecule is Cn1c(C(F)(F)F)nc2cncc(N)c21. The van der Waals surface area contributed by atoms with Crippen molar-refractivity contribution in [2.45, 2.75) is 6.18 Å². The lowest BCUT2D eigenvalue weighted by Gasteiger charge is -2.05. The van der Waals surface area contributed by atoms with E-state index in [1.165, 1.54) is 19.4 Å². The molecule has 2 N–H and O–H groups in total. The highest BCUT2D eigenvalue weighted by Crippen LogP contribution is 2.31. The van der Waals surface area contributed by atoms with E-state index in [-0.39, 0.29) is 16.7 Å². The first-order chi connectivity index (χ1) is 6.91. The van der Waals surface area contributed by atoms with E-state index in [0.29, 0.717) is 0 Å². The van der Waals surface area contributed by atoms with Gasteiger partial charge in [0.1, 0.15) is 5.52 Å². The number of nitrogens with two attached hydrogens (primary N) is 1. The molecule has 0 unspecified atom stereocenters. The maximum Gasteiger partial charge on any atom is 0.449 e. The number of anilines is 1. The summed E-state index contributed by atoms with van der Waals surface area (Å²) in [5.74, 6) is -0.975. The quantitative estimate of drug-likeness (QED) is 0.727. The van der Waals surface area contributed by atoms with E-state index in [9.17, 15) is 13.2 Å². The van der Waals surface area contributed by atoms with Gasteiger partial charge >= 0.3 is 6.18 Å².